The summed E-state index contributed by atoms with van der Waals surface area (Å²) >= 11 is 0. The molecule has 170 valence electrons. The van der Waals surface area contributed by atoms with E-state index in [-0.39, 0.29) is 5.91 Å². The average Bonchev–Trinajstić information content (AvgIpc) is 3.17. The zero-order valence-electron chi connectivity index (χ0n) is 19.4. The van der Waals surface area contributed by atoms with Crippen LogP contribution in [0.3, 0.4) is 0 Å². The number of hydrogen-bond acceptors (Lipinski definition) is 5. The van der Waals surface area contributed by atoms with Crippen LogP contribution < -0.4 is 14.8 Å². The van der Waals surface area contributed by atoms with Crippen LogP contribution in [-0.4, -0.2) is 40.9 Å². The molecule has 0 spiro atoms. The fourth-order valence-electron chi connectivity index (χ4n) is 3.78. The highest BCUT2D eigenvalue weighted by atomic mass is 16.5. The summed E-state index contributed by atoms with van der Waals surface area (Å²) in [4.78, 5) is 18.1. The first-order chi connectivity index (χ1) is 16.0. The van der Waals surface area contributed by atoms with E-state index in [0.29, 0.717) is 42.4 Å². The predicted octanol–water partition coefficient (Wildman–Crippen LogP) is 4.55. The molecule has 0 unspecified atom stereocenters. The van der Waals surface area contributed by atoms with Gasteiger partial charge in [-0.2, -0.15) is 5.10 Å². The molecule has 7 heteroatoms. The number of ether oxygens (including phenoxy) is 2. The van der Waals surface area contributed by atoms with Crippen molar-refractivity contribution < 1.29 is 14.3 Å². The first kappa shape index (κ1) is 22.3. The summed E-state index contributed by atoms with van der Waals surface area (Å²) < 4.78 is 12.9. The van der Waals surface area contributed by atoms with Crippen LogP contribution in [0.5, 0.6) is 11.5 Å². The third kappa shape index (κ3) is 4.67. The van der Waals surface area contributed by atoms with Crippen LogP contribution in [0, 0.1) is 13.8 Å². The van der Waals surface area contributed by atoms with Gasteiger partial charge in [-0.1, -0.05) is 42.0 Å². The SMILES string of the molecule is CCn1nc(C)c2c(C(=O)NCCOc3ccccc3OC)cc(-c3ccc(C)cc3)nc21. The second-order valence-corrected chi connectivity index (χ2v) is 7.78. The lowest BCUT2D eigenvalue weighted by atomic mass is 10.0. The van der Waals surface area contributed by atoms with Crippen molar-refractivity contribution in [3.05, 3.63) is 71.4 Å². The molecule has 7 nitrogen and oxygen atoms in total. The maximum atomic E-state index is 13.2. The van der Waals surface area contributed by atoms with Crippen molar-refractivity contribution in [3.63, 3.8) is 0 Å². The van der Waals surface area contributed by atoms with E-state index in [2.05, 4.69) is 10.4 Å². The monoisotopic (exact) mass is 444 g/mol. The van der Waals surface area contributed by atoms with Crippen LogP contribution in [0.1, 0.15) is 28.5 Å². The molecule has 2 heterocycles. The molecule has 0 radical (unpaired) electrons. The van der Waals surface area contributed by atoms with Crippen LogP contribution in [0.4, 0.5) is 0 Å². The summed E-state index contributed by atoms with van der Waals surface area (Å²) in [6.07, 6.45) is 0. The second-order valence-electron chi connectivity index (χ2n) is 7.78. The number of carbonyl (C=O) groups is 1. The Bertz CT molecular complexity index is 1280. The summed E-state index contributed by atoms with van der Waals surface area (Å²) in [5.74, 6) is 1.12. The van der Waals surface area contributed by atoms with Gasteiger partial charge in [0.1, 0.15) is 6.61 Å². The molecule has 4 aromatic rings. The van der Waals surface area contributed by atoms with Crippen molar-refractivity contribution in [2.24, 2.45) is 0 Å². The fourth-order valence-corrected chi connectivity index (χ4v) is 3.78. The summed E-state index contributed by atoms with van der Waals surface area (Å²) in [7, 11) is 1.60. The molecule has 1 amide bonds. The zero-order chi connectivity index (χ0) is 23.4. The van der Waals surface area contributed by atoms with Gasteiger partial charge in [0.25, 0.3) is 5.91 Å². The van der Waals surface area contributed by atoms with Crippen molar-refractivity contribution >= 4 is 16.9 Å². The number of para-hydroxylation sites is 2. The number of methoxy groups -OCH3 is 1. The number of rotatable bonds is 8. The fraction of sp³-hybridized carbons (Fsp3) is 0.269. The number of aromatic nitrogens is 3. The highest BCUT2D eigenvalue weighted by Gasteiger charge is 2.19. The number of nitrogens with zero attached hydrogens (tertiary/aromatic N) is 3. The average molecular weight is 445 g/mol. The molecule has 0 aliphatic heterocycles. The molecule has 2 aromatic heterocycles. The number of benzene rings is 2. The lowest BCUT2D eigenvalue weighted by Crippen LogP contribution is -2.28. The van der Waals surface area contributed by atoms with E-state index < -0.39 is 0 Å². The Kier molecular flexibility index (Phi) is 6.58. The molecule has 0 saturated carbocycles. The Morgan fingerprint density at radius 1 is 1.06 bits per heavy atom. The molecule has 0 atom stereocenters. The van der Waals surface area contributed by atoms with E-state index in [4.69, 9.17) is 14.5 Å². The molecule has 4 rings (SSSR count). The Balaban J connectivity index is 1.59. The number of amides is 1. The molecular formula is C26H28N4O3. The van der Waals surface area contributed by atoms with Crippen LogP contribution in [0.25, 0.3) is 22.3 Å². The number of aryl methyl sites for hydroxylation is 3. The maximum Gasteiger partial charge on any atom is 0.252 e. The van der Waals surface area contributed by atoms with E-state index in [9.17, 15) is 4.79 Å². The minimum atomic E-state index is -0.182. The van der Waals surface area contributed by atoms with Gasteiger partial charge < -0.3 is 14.8 Å². The molecule has 0 aliphatic rings. The number of hydrogen-bond donors (Lipinski definition) is 1. The van der Waals surface area contributed by atoms with Crippen molar-refractivity contribution in [1.82, 2.24) is 20.1 Å². The maximum absolute atomic E-state index is 13.2. The van der Waals surface area contributed by atoms with Gasteiger partial charge in [0.05, 0.1) is 36.0 Å². The molecule has 1 N–H and O–H groups in total. The third-order valence-corrected chi connectivity index (χ3v) is 5.48. The lowest BCUT2D eigenvalue weighted by Gasteiger charge is -2.12. The predicted molar refractivity (Wildman–Crippen MR) is 129 cm³/mol. The highest BCUT2D eigenvalue weighted by molar-refractivity contribution is 6.07. The molecule has 33 heavy (non-hydrogen) atoms. The lowest BCUT2D eigenvalue weighted by molar-refractivity contribution is 0.0948. The summed E-state index contributed by atoms with van der Waals surface area (Å²) in [5.41, 5.74) is 4.92. The number of fused-ring (bicyclic) bond motifs is 1. The zero-order valence-corrected chi connectivity index (χ0v) is 19.4. The van der Waals surface area contributed by atoms with Gasteiger partial charge in [0.15, 0.2) is 17.1 Å². The summed E-state index contributed by atoms with van der Waals surface area (Å²) in [5, 5.41) is 8.34. The minimum Gasteiger partial charge on any atom is -0.493 e. The standard InChI is InChI=1S/C26H28N4O3/c1-5-30-25-24(18(3)29-30)20(16-21(28-25)19-12-10-17(2)11-13-19)26(31)27-14-15-33-23-9-7-6-8-22(23)32-4/h6-13,16H,5,14-15H2,1-4H3,(H,27,31). The van der Waals surface area contributed by atoms with E-state index in [1.165, 1.54) is 5.56 Å². The van der Waals surface area contributed by atoms with Crippen molar-refractivity contribution in [2.45, 2.75) is 27.3 Å². The van der Waals surface area contributed by atoms with Crippen LogP contribution in [0.2, 0.25) is 0 Å². The quantitative estimate of drug-likeness (QED) is 0.403. The topological polar surface area (TPSA) is 78.3 Å². The normalized spacial score (nSPS) is 10.9. The molecule has 2 aromatic carbocycles. The Hall–Kier alpha value is -3.87. The summed E-state index contributed by atoms with van der Waals surface area (Å²) in [6.45, 7) is 7.30. The van der Waals surface area contributed by atoms with Gasteiger partial charge in [-0.05, 0) is 39.0 Å². The van der Waals surface area contributed by atoms with Gasteiger partial charge in [0.2, 0.25) is 0 Å². The Morgan fingerprint density at radius 2 is 1.79 bits per heavy atom. The second kappa shape index (κ2) is 9.73. The van der Waals surface area contributed by atoms with Gasteiger partial charge in [-0.25, -0.2) is 9.67 Å². The van der Waals surface area contributed by atoms with E-state index in [1.807, 2.05) is 80.1 Å². The van der Waals surface area contributed by atoms with Gasteiger partial charge in [-0.15, -0.1) is 0 Å². The van der Waals surface area contributed by atoms with Gasteiger partial charge in [-0.3, -0.25) is 4.79 Å². The van der Waals surface area contributed by atoms with E-state index in [0.717, 1.165) is 22.3 Å². The van der Waals surface area contributed by atoms with E-state index in [1.54, 1.807) is 7.11 Å². The molecule has 0 aliphatic carbocycles. The van der Waals surface area contributed by atoms with Crippen molar-refractivity contribution in [2.75, 3.05) is 20.3 Å². The number of carbonyl (C=O) groups excluding carboxylic acids is 1. The largest absolute Gasteiger partial charge is 0.493 e. The minimum absolute atomic E-state index is 0.182. The molecule has 0 fully saturated rings. The van der Waals surface area contributed by atoms with Gasteiger partial charge in [0, 0.05) is 12.1 Å². The van der Waals surface area contributed by atoms with E-state index >= 15 is 0 Å². The number of nitrogens with one attached hydrogen (secondary N) is 1. The Morgan fingerprint density at radius 3 is 2.48 bits per heavy atom. The third-order valence-electron chi connectivity index (χ3n) is 5.48. The molecular weight excluding hydrogens is 416 g/mol. The van der Waals surface area contributed by atoms with Crippen LogP contribution in [0.15, 0.2) is 54.6 Å². The molecule has 0 saturated heterocycles. The van der Waals surface area contributed by atoms with Crippen LogP contribution >= 0.6 is 0 Å². The first-order valence-corrected chi connectivity index (χ1v) is 11.0. The van der Waals surface area contributed by atoms with Crippen molar-refractivity contribution in [1.29, 1.82) is 0 Å². The number of pyridine rings is 1. The first-order valence-electron chi connectivity index (χ1n) is 11.0. The summed E-state index contributed by atoms with van der Waals surface area (Å²) in [6, 6.07) is 17.4. The van der Waals surface area contributed by atoms with Crippen LogP contribution in [-0.2, 0) is 6.54 Å². The molecule has 0 bridgehead atoms. The van der Waals surface area contributed by atoms with Crippen molar-refractivity contribution in [3.8, 4) is 22.8 Å². The van der Waals surface area contributed by atoms with Gasteiger partial charge >= 0.3 is 0 Å². The highest BCUT2D eigenvalue weighted by Crippen LogP contribution is 2.28. The smallest absolute Gasteiger partial charge is 0.252 e. The Labute approximate surface area is 193 Å².